The molecule has 0 aromatic carbocycles. The Hall–Kier alpha value is 0.110. The second kappa shape index (κ2) is 7.34. The van der Waals surface area contributed by atoms with Crippen LogP contribution in [0.4, 0.5) is 0 Å². The monoisotopic (exact) mass is 382 g/mol. The first kappa shape index (κ1) is 20.2. The molecule has 0 aliphatic carbocycles. The highest BCUT2D eigenvalue weighted by atomic mass is 31.3. The first-order chi connectivity index (χ1) is 9.84. The SMILES string of the molecule is C=C[C@H]1C[C@H](C)O[C@@H]1COP(=O)(O)OP(=O)(O)OP(=O)(O)O. The summed E-state index contributed by atoms with van der Waals surface area (Å²) in [5.41, 5.74) is 0. The van der Waals surface area contributed by atoms with Gasteiger partial charge in [0.1, 0.15) is 0 Å². The summed E-state index contributed by atoms with van der Waals surface area (Å²) in [6, 6.07) is 0. The van der Waals surface area contributed by atoms with Crippen molar-refractivity contribution < 1.29 is 51.2 Å². The van der Waals surface area contributed by atoms with Crippen molar-refractivity contribution in [1.29, 1.82) is 0 Å². The van der Waals surface area contributed by atoms with Gasteiger partial charge in [-0.15, -0.1) is 6.58 Å². The molecule has 0 aromatic rings. The third-order valence-electron chi connectivity index (χ3n) is 2.61. The van der Waals surface area contributed by atoms with E-state index in [9.17, 15) is 18.6 Å². The molecule has 0 aromatic heterocycles. The number of phosphoric ester groups is 1. The van der Waals surface area contributed by atoms with Gasteiger partial charge in [-0.3, -0.25) is 4.52 Å². The van der Waals surface area contributed by atoms with Gasteiger partial charge >= 0.3 is 23.5 Å². The second-order valence-electron chi connectivity index (χ2n) is 4.51. The average molecular weight is 382 g/mol. The van der Waals surface area contributed by atoms with Crippen LogP contribution >= 0.6 is 23.5 Å². The van der Waals surface area contributed by atoms with Gasteiger partial charge in [-0.05, 0) is 13.3 Å². The number of hydrogen-bond acceptors (Lipinski definition) is 7. The van der Waals surface area contributed by atoms with Crippen molar-refractivity contribution in [3.8, 4) is 0 Å². The highest BCUT2D eigenvalue weighted by Crippen LogP contribution is 2.66. The number of phosphoric acid groups is 3. The molecular formula is C8H17O11P3. The molecule has 2 unspecified atom stereocenters. The number of rotatable bonds is 8. The highest BCUT2D eigenvalue weighted by molar-refractivity contribution is 7.66. The zero-order chi connectivity index (χ0) is 17.2. The molecule has 1 heterocycles. The lowest BCUT2D eigenvalue weighted by molar-refractivity contribution is 0.0109. The van der Waals surface area contributed by atoms with Crippen molar-refractivity contribution in [1.82, 2.24) is 0 Å². The van der Waals surface area contributed by atoms with Gasteiger partial charge in [0.15, 0.2) is 0 Å². The molecule has 0 bridgehead atoms. The molecule has 22 heavy (non-hydrogen) atoms. The van der Waals surface area contributed by atoms with Crippen molar-refractivity contribution in [2.75, 3.05) is 6.61 Å². The Bertz CT molecular complexity index is 541. The quantitative estimate of drug-likeness (QED) is 0.353. The topological polar surface area (TPSA) is 169 Å². The van der Waals surface area contributed by atoms with E-state index in [0.29, 0.717) is 6.42 Å². The summed E-state index contributed by atoms with van der Waals surface area (Å²) in [5, 5.41) is 0. The Labute approximate surface area is 126 Å². The Morgan fingerprint density at radius 1 is 1.18 bits per heavy atom. The van der Waals surface area contributed by atoms with E-state index in [2.05, 4.69) is 19.7 Å². The lowest BCUT2D eigenvalue weighted by Gasteiger charge is -2.19. The first-order valence-electron chi connectivity index (χ1n) is 5.90. The van der Waals surface area contributed by atoms with E-state index in [4.69, 9.17) is 19.4 Å². The Morgan fingerprint density at radius 3 is 2.27 bits per heavy atom. The molecule has 1 rings (SSSR count). The van der Waals surface area contributed by atoms with Crippen LogP contribution in [0.2, 0.25) is 0 Å². The summed E-state index contributed by atoms with van der Waals surface area (Å²) >= 11 is 0. The predicted octanol–water partition coefficient (Wildman–Crippen LogP) is 1.31. The van der Waals surface area contributed by atoms with Crippen LogP contribution in [-0.2, 0) is 31.6 Å². The van der Waals surface area contributed by atoms with Crippen LogP contribution in [0.25, 0.3) is 0 Å². The highest BCUT2D eigenvalue weighted by Gasteiger charge is 2.42. The minimum absolute atomic E-state index is 0.127. The van der Waals surface area contributed by atoms with E-state index in [1.807, 2.05) is 0 Å². The maximum Gasteiger partial charge on any atom is 0.490 e. The summed E-state index contributed by atoms with van der Waals surface area (Å²) < 4.78 is 50.2. The van der Waals surface area contributed by atoms with Crippen molar-refractivity contribution >= 4 is 23.5 Å². The van der Waals surface area contributed by atoms with Gasteiger partial charge in [0, 0.05) is 5.92 Å². The van der Waals surface area contributed by atoms with Crippen LogP contribution < -0.4 is 0 Å². The molecule has 11 nitrogen and oxygen atoms in total. The van der Waals surface area contributed by atoms with Gasteiger partial charge in [-0.25, -0.2) is 13.7 Å². The summed E-state index contributed by atoms with van der Waals surface area (Å²) in [7, 11) is -16.0. The van der Waals surface area contributed by atoms with E-state index >= 15 is 0 Å². The van der Waals surface area contributed by atoms with Crippen LogP contribution in [0.5, 0.6) is 0 Å². The standard InChI is InChI=1S/C8H17O11P3/c1-3-7-4-6(2)17-8(7)5-16-21(12,13)19-22(14,15)18-20(9,10)11/h3,6-8H,1,4-5H2,2H3,(H,12,13)(H,14,15)(H2,9,10,11)/t6-,7-,8+/m0/s1. The molecule has 1 fully saturated rings. The first-order valence-corrected chi connectivity index (χ1v) is 10.4. The lowest BCUT2D eigenvalue weighted by atomic mass is 10.0. The third kappa shape index (κ3) is 7.12. The van der Waals surface area contributed by atoms with Crippen LogP contribution in [0.15, 0.2) is 12.7 Å². The molecule has 0 saturated carbocycles. The maximum absolute atomic E-state index is 11.5. The molecular weight excluding hydrogens is 365 g/mol. The fourth-order valence-corrected chi connectivity index (χ4v) is 4.90. The van der Waals surface area contributed by atoms with Gasteiger partial charge in [-0.1, -0.05) is 6.08 Å². The summed E-state index contributed by atoms with van der Waals surface area (Å²) in [4.78, 5) is 35.0. The normalized spacial score (nSPS) is 31.4. The molecule has 5 atom stereocenters. The third-order valence-corrected chi connectivity index (χ3v) is 6.41. The molecule has 14 heteroatoms. The van der Waals surface area contributed by atoms with Crippen molar-refractivity contribution in [2.24, 2.45) is 5.92 Å². The second-order valence-corrected chi connectivity index (χ2v) is 8.93. The molecule has 130 valence electrons. The summed E-state index contributed by atoms with van der Waals surface area (Å²) in [6.07, 6.45) is 1.46. The molecule has 0 radical (unpaired) electrons. The molecule has 0 amide bonds. The number of ether oxygens (including phenoxy) is 1. The molecule has 1 saturated heterocycles. The van der Waals surface area contributed by atoms with Crippen molar-refractivity contribution in [3.63, 3.8) is 0 Å². The van der Waals surface area contributed by atoms with E-state index < -0.39 is 36.2 Å². The molecule has 1 aliphatic rings. The number of hydrogen-bond donors (Lipinski definition) is 4. The van der Waals surface area contributed by atoms with Crippen LogP contribution in [0.1, 0.15) is 13.3 Å². The zero-order valence-corrected chi connectivity index (χ0v) is 14.1. The molecule has 0 spiro atoms. The molecule has 1 aliphatic heterocycles. The Balaban J connectivity index is 2.60. The fraction of sp³-hybridized carbons (Fsp3) is 0.750. The Morgan fingerprint density at radius 2 is 1.77 bits per heavy atom. The van der Waals surface area contributed by atoms with Gasteiger partial charge in [0.05, 0.1) is 18.8 Å². The Kier molecular flexibility index (Phi) is 6.72. The van der Waals surface area contributed by atoms with E-state index in [1.165, 1.54) is 0 Å². The van der Waals surface area contributed by atoms with Gasteiger partial charge in [-0.2, -0.15) is 8.62 Å². The van der Waals surface area contributed by atoms with Gasteiger partial charge < -0.3 is 24.3 Å². The maximum atomic E-state index is 11.5. The predicted molar refractivity (Wildman–Crippen MR) is 72.5 cm³/mol. The van der Waals surface area contributed by atoms with Crippen molar-refractivity contribution in [3.05, 3.63) is 12.7 Å². The van der Waals surface area contributed by atoms with Gasteiger partial charge in [0.2, 0.25) is 0 Å². The largest absolute Gasteiger partial charge is 0.490 e. The van der Waals surface area contributed by atoms with Crippen molar-refractivity contribution in [2.45, 2.75) is 25.6 Å². The van der Waals surface area contributed by atoms with Crippen LogP contribution in [0, 0.1) is 5.92 Å². The average Bonchev–Trinajstić information content (AvgIpc) is 2.62. The van der Waals surface area contributed by atoms with E-state index in [-0.39, 0.29) is 12.0 Å². The minimum Gasteiger partial charge on any atom is -0.372 e. The smallest absolute Gasteiger partial charge is 0.372 e. The van der Waals surface area contributed by atoms with E-state index in [1.54, 1.807) is 13.0 Å². The summed E-state index contributed by atoms with van der Waals surface area (Å²) in [6.45, 7) is 4.91. The zero-order valence-electron chi connectivity index (χ0n) is 11.4. The van der Waals surface area contributed by atoms with Crippen LogP contribution in [0.3, 0.4) is 0 Å². The summed E-state index contributed by atoms with van der Waals surface area (Å²) in [5.74, 6) is -0.151. The minimum atomic E-state index is -5.49. The van der Waals surface area contributed by atoms with Crippen LogP contribution in [-0.4, -0.2) is 38.4 Å². The fourth-order valence-electron chi connectivity index (χ4n) is 1.87. The van der Waals surface area contributed by atoms with E-state index in [0.717, 1.165) is 0 Å². The van der Waals surface area contributed by atoms with Gasteiger partial charge in [0.25, 0.3) is 0 Å². The molecule has 4 N–H and O–H groups in total. The lowest BCUT2D eigenvalue weighted by Crippen LogP contribution is -2.21.